The number of hydrogen-bond acceptors (Lipinski definition) is 3. The molecule has 0 aliphatic rings. The van der Waals surface area contributed by atoms with E-state index in [-0.39, 0.29) is 11.8 Å². The summed E-state index contributed by atoms with van der Waals surface area (Å²) in [5.74, 6) is -0.109. The van der Waals surface area contributed by atoms with E-state index in [1.807, 2.05) is 13.8 Å². The maximum atomic E-state index is 11.6. The van der Waals surface area contributed by atoms with Crippen LogP contribution in [0.25, 0.3) is 0 Å². The normalized spacial score (nSPS) is 14.4. The minimum Gasteiger partial charge on any atom is -0.372 e. The van der Waals surface area contributed by atoms with Gasteiger partial charge in [-0.3, -0.25) is 9.59 Å². The van der Waals surface area contributed by atoms with Gasteiger partial charge in [-0.05, 0) is 19.3 Å². The highest BCUT2D eigenvalue weighted by molar-refractivity contribution is 5.89. The summed E-state index contributed by atoms with van der Waals surface area (Å²) < 4.78 is 4.89. The van der Waals surface area contributed by atoms with Crippen LogP contribution >= 0.6 is 0 Å². The molecule has 0 rings (SSSR count). The van der Waals surface area contributed by atoms with Crippen LogP contribution in [-0.4, -0.2) is 38.1 Å². The number of rotatable bonds is 6. The molecule has 0 spiro atoms. The number of methoxy groups -OCH3 is 1. The van der Waals surface area contributed by atoms with E-state index in [0.29, 0.717) is 12.3 Å². The van der Waals surface area contributed by atoms with Crippen LogP contribution in [0.3, 0.4) is 0 Å². The molecule has 2 amide bonds. The lowest BCUT2D eigenvalue weighted by atomic mass is 10.0. The number of amides is 2. The van der Waals surface area contributed by atoms with E-state index >= 15 is 0 Å². The summed E-state index contributed by atoms with van der Waals surface area (Å²) in [7, 11) is 3.02. The topological polar surface area (TPSA) is 67.4 Å². The standard InChI is InChI=1S/C11H22N2O3/c1-7(2)6-9(11(15)12-4)13-10(14)8(3)16-5/h7-9H,6H2,1-5H3,(H,12,15)(H,13,14). The second kappa shape index (κ2) is 7.22. The first-order chi connectivity index (χ1) is 7.42. The van der Waals surface area contributed by atoms with Crippen molar-refractivity contribution in [2.24, 2.45) is 5.92 Å². The van der Waals surface area contributed by atoms with E-state index < -0.39 is 12.1 Å². The molecule has 2 unspecified atom stereocenters. The Balaban J connectivity index is 4.42. The molecular weight excluding hydrogens is 208 g/mol. The summed E-state index contributed by atoms with van der Waals surface area (Å²) in [4.78, 5) is 23.1. The quantitative estimate of drug-likeness (QED) is 0.689. The molecule has 2 N–H and O–H groups in total. The average molecular weight is 230 g/mol. The van der Waals surface area contributed by atoms with E-state index in [2.05, 4.69) is 10.6 Å². The van der Waals surface area contributed by atoms with Crippen molar-refractivity contribution in [2.45, 2.75) is 39.3 Å². The van der Waals surface area contributed by atoms with E-state index in [0.717, 1.165) is 0 Å². The second-order valence-corrected chi connectivity index (χ2v) is 4.18. The molecule has 0 heterocycles. The summed E-state index contributed by atoms with van der Waals surface area (Å²) in [6, 6.07) is -0.491. The molecule has 0 aromatic rings. The Labute approximate surface area is 96.9 Å². The van der Waals surface area contributed by atoms with Crippen LogP contribution in [0.5, 0.6) is 0 Å². The van der Waals surface area contributed by atoms with Crippen LogP contribution in [-0.2, 0) is 14.3 Å². The lowest BCUT2D eigenvalue weighted by molar-refractivity contribution is -0.134. The molecule has 0 aliphatic carbocycles. The number of nitrogens with one attached hydrogen (secondary N) is 2. The smallest absolute Gasteiger partial charge is 0.249 e. The first kappa shape index (κ1) is 14.9. The van der Waals surface area contributed by atoms with Crippen molar-refractivity contribution >= 4 is 11.8 Å². The number of likely N-dealkylation sites (N-methyl/N-ethyl adjacent to an activating group) is 1. The van der Waals surface area contributed by atoms with Crippen LogP contribution in [0.4, 0.5) is 0 Å². The Bertz CT molecular complexity index is 241. The van der Waals surface area contributed by atoms with Crippen molar-refractivity contribution in [2.75, 3.05) is 14.2 Å². The third kappa shape index (κ3) is 5.11. The summed E-state index contributed by atoms with van der Waals surface area (Å²) >= 11 is 0. The van der Waals surface area contributed by atoms with Crippen molar-refractivity contribution in [3.8, 4) is 0 Å². The lowest BCUT2D eigenvalue weighted by Gasteiger charge is -2.20. The Kier molecular flexibility index (Phi) is 6.72. The minimum atomic E-state index is -0.542. The van der Waals surface area contributed by atoms with E-state index in [9.17, 15) is 9.59 Å². The van der Waals surface area contributed by atoms with Crippen molar-refractivity contribution in [3.05, 3.63) is 0 Å². The summed E-state index contributed by atoms with van der Waals surface area (Å²) in [6.45, 7) is 5.65. The van der Waals surface area contributed by atoms with Gasteiger partial charge in [-0.15, -0.1) is 0 Å². The summed E-state index contributed by atoms with van der Waals surface area (Å²) in [6.07, 6.45) is 0.0706. The van der Waals surface area contributed by atoms with Gasteiger partial charge in [0.25, 0.3) is 0 Å². The van der Waals surface area contributed by atoms with Gasteiger partial charge in [-0.1, -0.05) is 13.8 Å². The number of carbonyl (C=O) groups is 2. The largest absolute Gasteiger partial charge is 0.372 e. The molecule has 0 aromatic heterocycles. The van der Waals surface area contributed by atoms with Crippen LogP contribution in [0.15, 0.2) is 0 Å². The fourth-order valence-corrected chi connectivity index (χ4v) is 1.27. The predicted octanol–water partition coefficient (Wildman–Crippen LogP) is 0.298. The monoisotopic (exact) mass is 230 g/mol. The maximum absolute atomic E-state index is 11.6. The Morgan fingerprint density at radius 3 is 2.12 bits per heavy atom. The molecule has 0 bridgehead atoms. The second-order valence-electron chi connectivity index (χ2n) is 4.18. The van der Waals surface area contributed by atoms with Crippen LogP contribution < -0.4 is 10.6 Å². The zero-order valence-corrected chi connectivity index (χ0v) is 10.7. The molecule has 0 radical (unpaired) electrons. The van der Waals surface area contributed by atoms with Gasteiger partial charge in [0.1, 0.15) is 12.1 Å². The molecule has 0 fully saturated rings. The highest BCUT2D eigenvalue weighted by Crippen LogP contribution is 2.05. The molecule has 5 heteroatoms. The number of carbonyl (C=O) groups excluding carboxylic acids is 2. The van der Waals surface area contributed by atoms with Crippen LogP contribution in [0.1, 0.15) is 27.2 Å². The van der Waals surface area contributed by atoms with Crippen molar-refractivity contribution < 1.29 is 14.3 Å². The molecule has 0 saturated heterocycles. The van der Waals surface area contributed by atoms with Crippen molar-refractivity contribution in [1.29, 1.82) is 0 Å². The minimum absolute atomic E-state index is 0.176. The van der Waals surface area contributed by atoms with Gasteiger partial charge in [0, 0.05) is 14.2 Å². The Hall–Kier alpha value is -1.10. The molecule has 2 atom stereocenters. The Morgan fingerprint density at radius 2 is 1.75 bits per heavy atom. The van der Waals surface area contributed by atoms with Crippen molar-refractivity contribution in [1.82, 2.24) is 10.6 Å². The van der Waals surface area contributed by atoms with Gasteiger partial charge >= 0.3 is 0 Å². The first-order valence-electron chi connectivity index (χ1n) is 5.47. The van der Waals surface area contributed by atoms with Gasteiger partial charge in [0.05, 0.1) is 0 Å². The average Bonchev–Trinajstić information content (AvgIpc) is 2.25. The zero-order valence-electron chi connectivity index (χ0n) is 10.7. The fraction of sp³-hybridized carbons (Fsp3) is 0.818. The highest BCUT2D eigenvalue weighted by Gasteiger charge is 2.23. The predicted molar refractivity (Wildman–Crippen MR) is 61.9 cm³/mol. The van der Waals surface area contributed by atoms with E-state index in [4.69, 9.17) is 4.74 Å². The molecule has 16 heavy (non-hydrogen) atoms. The van der Waals surface area contributed by atoms with Crippen molar-refractivity contribution in [3.63, 3.8) is 0 Å². The van der Waals surface area contributed by atoms with E-state index in [1.165, 1.54) is 7.11 Å². The van der Waals surface area contributed by atoms with Crippen LogP contribution in [0, 0.1) is 5.92 Å². The van der Waals surface area contributed by atoms with Gasteiger partial charge in [0.15, 0.2) is 0 Å². The third-order valence-electron chi connectivity index (χ3n) is 2.31. The van der Waals surface area contributed by atoms with Gasteiger partial charge in [0.2, 0.25) is 11.8 Å². The fourth-order valence-electron chi connectivity index (χ4n) is 1.27. The molecule has 5 nitrogen and oxygen atoms in total. The SMILES string of the molecule is CNC(=O)C(CC(C)C)NC(=O)C(C)OC. The number of hydrogen-bond donors (Lipinski definition) is 2. The molecular formula is C11H22N2O3. The first-order valence-corrected chi connectivity index (χ1v) is 5.47. The molecule has 94 valence electrons. The van der Waals surface area contributed by atoms with E-state index in [1.54, 1.807) is 14.0 Å². The summed E-state index contributed by atoms with van der Waals surface area (Å²) in [5.41, 5.74) is 0. The van der Waals surface area contributed by atoms with Crippen LogP contribution in [0.2, 0.25) is 0 Å². The van der Waals surface area contributed by atoms with Gasteiger partial charge in [-0.25, -0.2) is 0 Å². The lowest BCUT2D eigenvalue weighted by Crippen LogP contribution is -2.49. The molecule has 0 aliphatic heterocycles. The Morgan fingerprint density at radius 1 is 1.19 bits per heavy atom. The third-order valence-corrected chi connectivity index (χ3v) is 2.31. The van der Waals surface area contributed by atoms with Gasteiger partial charge in [-0.2, -0.15) is 0 Å². The highest BCUT2D eigenvalue weighted by atomic mass is 16.5. The molecule has 0 aromatic carbocycles. The zero-order chi connectivity index (χ0) is 12.7. The molecule has 0 saturated carbocycles. The maximum Gasteiger partial charge on any atom is 0.249 e. The summed E-state index contributed by atoms with van der Waals surface area (Å²) in [5, 5.41) is 5.21. The number of ether oxygens (including phenoxy) is 1. The van der Waals surface area contributed by atoms with Gasteiger partial charge < -0.3 is 15.4 Å².